The molecule has 1 aromatic carbocycles. The van der Waals surface area contributed by atoms with Gasteiger partial charge in [0.2, 0.25) is 0 Å². The van der Waals surface area contributed by atoms with Gasteiger partial charge in [-0.25, -0.2) is 0 Å². The van der Waals surface area contributed by atoms with Crippen molar-refractivity contribution < 1.29 is 21.5 Å². The molecule has 1 aliphatic carbocycles. The van der Waals surface area contributed by atoms with Crippen LogP contribution in [0.4, 0.5) is 0 Å². The van der Waals surface area contributed by atoms with Crippen LogP contribution in [0.2, 0.25) is 0 Å². The zero-order chi connectivity index (χ0) is 25.1. The minimum absolute atomic E-state index is 0.0790. The summed E-state index contributed by atoms with van der Waals surface area (Å²) in [4.78, 5) is 31.6. The Bertz CT molecular complexity index is 1470. The van der Waals surface area contributed by atoms with Gasteiger partial charge in [0.05, 0.1) is 0 Å². The van der Waals surface area contributed by atoms with Crippen LogP contribution in [0.15, 0.2) is 52.2 Å². The number of aryl methyl sites for hydroxylation is 3. The van der Waals surface area contributed by atoms with Crippen molar-refractivity contribution in [1.82, 2.24) is 21.9 Å². The molecule has 0 amide bonds. The second kappa shape index (κ2) is 11.3. The normalized spacial score (nSPS) is 19.7. The number of pyridine rings is 1. The molecule has 3 aromatic heterocycles. The number of benzene rings is 1. The minimum atomic E-state index is -0.573. The number of alkyl halides is 1. The van der Waals surface area contributed by atoms with Gasteiger partial charge in [0.25, 0.3) is 0 Å². The Morgan fingerprint density at radius 3 is 2.67 bits per heavy atom. The average Bonchev–Trinajstić information content (AvgIpc) is 3.20. The summed E-state index contributed by atoms with van der Waals surface area (Å²) in [5, 5.41) is 5.18. The summed E-state index contributed by atoms with van der Waals surface area (Å²) in [5.74, 6) is 1.55. The van der Waals surface area contributed by atoms with E-state index in [1.807, 2.05) is 46.1 Å². The Kier molecular flexibility index (Phi) is 7.88. The van der Waals surface area contributed by atoms with E-state index in [4.69, 9.17) is 4.98 Å². The van der Waals surface area contributed by atoms with Gasteiger partial charge in [-0.1, -0.05) is 0 Å². The second-order valence-corrected chi connectivity index (χ2v) is 13.5. The third kappa shape index (κ3) is 5.58. The van der Waals surface area contributed by atoms with Gasteiger partial charge in [-0.2, -0.15) is 0 Å². The summed E-state index contributed by atoms with van der Waals surface area (Å²) in [7, 11) is 0. The third-order valence-corrected chi connectivity index (χ3v) is 10.8. The van der Waals surface area contributed by atoms with Crippen LogP contribution < -0.4 is 32.7 Å². The number of hydrogen-bond acceptors (Lipinski definition) is 4. The van der Waals surface area contributed by atoms with Crippen LogP contribution in [0, 0.1) is 12.8 Å². The molecule has 2 atom stereocenters. The van der Waals surface area contributed by atoms with Crippen LogP contribution in [0.1, 0.15) is 69.7 Å². The molecule has 0 spiro atoms. The van der Waals surface area contributed by atoms with Crippen molar-refractivity contribution in [1.29, 1.82) is 0 Å². The van der Waals surface area contributed by atoms with Gasteiger partial charge in [-0.15, -0.1) is 0 Å². The summed E-state index contributed by atoms with van der Waals surface area (Å²) in [5.41, 5.74) is 2.38. The summed E-state index contributed by atoms with van der Waals surface area (Å²) in [6, 6.07) is 11.4. The van der Waals surface area contributed by atoms with E-state index >= 15 is 0 Å². The fourth-order valence-corrected chi connectivity index (χ4v) is 8.43. The van der Waals surface area contributed by atoms with Crippen LogP contribution in [0.25, 0.3) is 16.6 Å². The van der Waals surface area contributed by atoms with Crippen LogP contribution in [0.3, 0.4) is 0 Å². The molecule has 3 heterocycles. The number of nitrogens with zero attached hydrogens (tertiary/aromatic N) is 5. The molecular weight excluding hydrogens is 565 g/mol. The molecule has 1 aliphatic rings. The maximum absolute atomic E-state index is 13.8. The Balaban J connectivity index is 1.48. The van der Waals surface area contributed by atoms with Crippen molar-refractivity contribution >= 4 is 16.6 Å². The fraction of sp³-hybridized carbons (Fsp3) is 0.500. The first-order chi connectivity index (χ1) is 17.5. The van der Waals surface area contributed by atoms with Gasteiger partial charge in [-0.3, -0.25) is 0 Å². The van der Waals surface area contributed by atoms with Gasteiger partial charge in [0, 0.05) is 0 Å². The predicted octanol–water partition coefficient (Wildman–Crippen LogP) is 1.75. The Labute approximate surface area is 222 Å². The van der Waals surface area contributed by atoms with Crippen molar-refractivity contribution in [3.63, 3.8) is 0 Å². The Hall–Kier alpha value is -2.49. The first kappa shape index (κ1) is 25.2. The van der Waals surface area contributed by atoms with Gasteiger partial charge in [0.15, 0.2) is 0 Å². The summed E-state index contributed by atoms with van der Waals surface area (Å²) < 4.78 is 5.63. The molecule has 0 bridgehead atoms. The number of fused-ring (bicyclic) bond motifs is 2. The predicted molar refractivity (Wildman–Crippen MR) is 139 cm³/mol. The van der Waals surface area contributed by atoms with E-state index in [0.717, 1.165) is 22.8 Å². The van der Waals surface area contributed by atoms with Crippen LogP contribution in [-0.2, 0) is 13.0 Å². The quantitative estimate of drug-likeness (QED) is 0.259. The molecule has 0 radical (unpaired) electrons. The Morgan fingerprint density at radius 1 is 1.00 bits per heavy atom. The third-order valence-electron chi connectivity index (χ3n) is 7.25. The summed E-state index contributed by atoms with van der Waals surface area (Å²) in [6.45, 7) is 4.80. The van der Waals surface area contributed by atoms with E-state index in [9.17, 15) is 9.59 Å². The molecule has 5 rings (SSSR count). The number of hydrogen-bond donors (Lipinski definition) is 0. The molecule has 192 valence electrons. The van der Waals surface area contributed by atoms with Gasteiger partial charge >= 0.3 is 223 Å². The van der Waals surface area contributed by atoms with E-state index in [0.29, 0.717) is 27.9 Å². The molecular formula is C28H35IN5O2-. The molecule has 36 heavy (non-hydrogen) atoms. The first-order valence-electron chi connectivity index (χ1n) is 13.2. The second-order valence-electron chi connectivity index (χ2n) is 10.2. The zero-order valence-electron chi connectivity index (χ0n) is 21.2. The van der Waals surface area contributed by atoms with Crippen LogP contribution in [-0.4, -0.2) is 25.9 Å². The van der Waals surface area contributed by atoms with E-state index in [1.54, 1.807) is 10.6 Å². The van der Waals surface area contributed by atoms with Crippen molar-refractivity contribution in [2.45, 2.75) is 82.1 Å². The standard InChI is InChI=1S/C28H35IN5O2/c1-20-9-5-3-4-6-10-22(14-12-20)29-34-25(30-24-19-21(2)13-15-23(24)27(34)35)16-18-33-28(36)32-17-8-7-11-26(32)31-33/h7-8,11,13,15,17,19-20,22H,3-6,9-10,12,14,16,18H2,1-2H3/q-1. The number of rotatable bonds is 5. The number of aromatic nitrogens is 5. The SMILES string of the molecule is Cc1ccc2c(=O)n([I-]C3CCCCCCC(C)CC3)c(CCn3nc4ccccn4c3=O)nc2c1. The molecule has 2 unspecified atom stereocenters. The topological polar surface area (TPSA) is 74.2 Å². The van der Waals surface area contributed by atoms with Gasteiger partial charge in [0.1, 0.15) is 0 Å². The molecule has 7 nitrogen and oxygen atoms in total. The van der Waals surface area contributed by atoms with Crippen molar-refractivity contribution in [3.8, 4) is 0 Å². The summed E-state index contributed by atoms with van der Waals surface area (Å²) >= 11 is -0.573. The monoisotopic (exact) mass is 600 g/mol. The molecule has 4 aromatic rings. The van der Waals surface area contributed by atoms with E-state index in [-0.39, 0.29) is 11.2 Å². The van der Waals surface area contributed by atoms with Crippen molar-refractivity contribution in [3.05, 3.63) is 74.8 Å². The molecule has 1 fully saturated rings. The number of halogens is 1. The molecule has 8 heteroatoms. The Morgan fingerprint density at radius 2 is 1.83 bits per heavy atom. The average molecular weight is 601 g/mol. The molecule has 1 saturated carbocycles. The zero-order valence-corrected chi connectivity index (χ0v) is 23.4. The fourth-order valence-electron chi connectivity index (χ4n) is 5.10. The van der Waals surface area contributed by atoms with Crippen molar-refractivity contribution in [2.24, 2.45) is 5.92 Å². The van der Waals surface area contributed by atoms with Crippen LogP contribution in [0.5, 0.6) is 0 Å². The molecule has 0 saturated heterocycles. The van der Waals surface area contributed by atoms with E-state index in [2.05, 4.69) is 12.0 Å². The summed E-state index contributed by atoms with van der Waals surface area (Å²) in [6.07, 6.45) is 12.4. The van der Waals surface area contributed by atoms with Gasteiger partial charge < -0.3 is 0 Å². The van der Waals surface area contributed by atoms with E-state index < -0.39 is 21.5 Å². The van der Waals surface area contributed by atoms with Gasteiger partial charge in [-0.05, 0) is 0 Å². The maximum atomic E-state index is 13.8. The van der Waals surface area contributed by atoms with Crippen molar-refractivity contribution in [2.75, 3.05) is 0 Å². The van der Waals surface area contributed by atoms with E-state index in [1.165, 1.54) is 56.0 Å². The first-order valence-corrected chi connectivity index (χ1v) is 15.4. The molecule has 0 aliphatic heterocycles. The van der Waals surface area contributed by atoms with Crippen LogP contribution >= 0.6 is 0 Å². The molecule has 0 N–H and O–H groups in total.